The van der Waals surface area contributed by atoms with Crippen LogP contribution < -0.4 is 20.9 Å². The number of carbonyl (C=O) groups excluding carboxylic acids is 1. The van der Waals surface area contributed by atoms with Crippen molar-refractivity contribution < 1.29 is 14.7 Å². The summed E-state index contributed by atoms with van der Waals surface area (Å²) < 4.78 is 0. The van der Waals surface area contributed by atoms with E-state index in [-0.39, 0.29) is 17.7 Å². The Bertz CT molecular complexity index is 1900. The minimum Gasteiger partial charge on any atom is -0.481 e. The Balaban J connectivity index is 0.000000141. The molecule has 49 heavy (non-hydrogen) atoms. The van der Waals surface area contributed by atoms with Crippen molar-refractivity contribution in [3.63, 3.8) is 0 Å². The summed E-state index contributed by atoms with van der Waals surface area (Å²) in [6.07, 6.45) is 13.4. The number of aromatic amines is 2. The zero-order chi connectivity index (χ0) is 34.0. The maximum Gasteiger partial charge on any atom is 0.308 e. The third-order valence-corrected chi connectivity index (χ3v) is 8.35. The molecule has 252 valence electrons. The molecule has 2 aromatic carbocycles. The number of carboxylic acids is 1. The summed E-state index contributed by atoms with van der Waals surface area (Å²) in [6, 6.07) is 15.5. The minimum atomic E-state index is -0.719. The number of para-hydroxylation sites is 4. The number of anilines is 4. The molecule has 6 aromatic rings. The van der Waals surface area contributed by atoms with Crippen molar-refractivity contribution in [3.05, 3.63) is 85.7 Å². The molecular weight excluding hydrogens is 624 g/mol. The second-order valence-corrected chi connectivity index (χ2v) is 11.8. The summed E-state index contributed by atoms with van der Waals surface area (Å²) in [5.74, 6) is 1.46. The molecule has 15 heteroatoms. The van der Waals surface area contributed by atoms with Gasteiger partial charge in [-0.05, 0) is 49.9 Å². The number of piperidine rings is 2. The molecule has 0 aliphatic carbocycles. The van der Waals surface area contributed by atoms with Crippen LogP contribution >= 0.6 is 0 Å². The van der Waals surface area contributed by atoms with Crippen molar-refractivity contribution >= 4 is 57.5 Å². The summed E-state index contributed by atoms with van der Waals surface area (Å²) in [6.45, 7) is 2.94. The van der Waals surface area contributed by atoms with Crippen LogP contribution in [-0.4, -0.2) is 83.0 Å². The van der Waals surface area contributed by atoms with Gasteiger partial charge in [0.2, 0.25) is 11.9 Å². The quantitative estimate of drug-likeness (QED) is 0.177. The zero-order valence-electron chi connectivity index (χ0n) is 26.8. The average Bonchev–Trinajstić information content (AvgIpc) is 3.75. The molecule has 2 aliphatic heterocycles. The van der Waals surface area contributed by atoms with Crippen LogP contribution in [0.2, 0.25) is 0 Å². The Kier molecular flexibility index (Phi) is 10.5. The fraction of sp³-hybridized carbons (Fsp3) is 0.294. The minimum absolute atomic E-state index is 0.0114. The molecule has 2 atom stereocenters. The summed E-state index contributed by atoms with van der Waals surface area (Å²) in [5.41, 5.74) is 9.09. The van der Waals surface area contributed by atoms with Gasteiger partial charge in [0.15, 0.2) is 5.95 Å². The lowest BCUT2D eigenvalue weighted by molar-refractivity contribution is -0.142. The molecule has 1 amide bonds. The maximum atomic E-state index is 12.6. The summed E-state index contributed by atoms with van der Waals surface area (Å²) in [7, 11) is 0. The number of aromatic nitrogens is 8. The van der Waals surface area contributed by atoms with Gasteiger partial charge in [-0.1, -0.05) is 24.3 Å². The van der Waals surface area contributed by atoms with Crippen molar-refractivity contribution in [1.29, 1.82) is 0 Å². The molecule has 6 heterocycles. The Morgan fingerprint density at radius 1 is 0.755 bits per heavy atom. The highest BCUT2D eigenvalue weighted by Crippen LogP contribution is 2.23. The van der Waals surface area contributed by atoms with E-state index < -0.39 is 5.97 Å². The fourth-order valence-corrected chi connectivity index (χ4v) is 5.90. The van der Waals surface area contributed by atoms with Gasteiger partial charge in [-0.25, -0.2) is 19.9 Å². The highest BCUT2D eigenvalue weighted by atomic mass is 16.4. The number of rotatable bonds is 5. The number of aliphatic carboxylic acids is 1. The van der Waals surface area contributed by atoms with Gasteiger partial charge in [0, 0.05) is 51.0 Å². The molecule has 2 saturated heterocycles. The van der Waals surface area contributed by atoms with Gasteiger partial charge in [0.1, 0.15) is 11.6 Å². The number of fused-ring (bicyclic) bond motifs is 2. The molecule has 6 N–H and O–H groups in total. The van der Waals surface area contributed by atoms with Gasteiger partial charge in [-0.2, -0.15) is 0 Å². The number of hydrogen-bond donors (Lipinski definition) is 5. The Hall–Kier alpha value is -6.12. The Morgan fingerprint density at radius 3 is 1.86 bits per heavy atom. The molecule has 0 bridgehead atoms. The van der Waals surface area contributed by atoms with E-state index in [1.54, 1.807) is 37.2 Å². The average molecular weight is 663 g/mol. The number of hydrogen-bond acceptors (Lipinski definition) is 11. The molecular formula is C34H38N12O3. The predicted octanol–water partition coefficient (Wildman–Crippen LogP) is 4.13. The van der Waals surface area contributed by atoms with E-state index in [1.807, 2.05) is 53.4 Å². The van der Waals surface area contributed by atoms with Crippen LogP contribution in [0.1, 0.15) is 25.7 Å². The van der Waals surface area contributed by atoms with Crippen molar-refractivity contribution in [3.8, 4) is 0 Å². The predicted molar refractivity (Wildman–Crippen MR) is 187 cm³/mol. The highest BCUT2D eigenvalue weighted by molar-refractivity contribution is 5.93. The van der Waals surface area contributed by atoms with Crippen molar-refractivity contribution in [2.75, 3.05) is 47.0 Å². The van der Waals surface area contributed by atoms with Crippen LogP contribution in [0.15, 0.2) is 85.7 Å². The number of benzene rings is 2. The van der Waals surface area contributed by atoms with Gasteiger partial charge in [0.25, 0.3) is 0 Å². The van der Waals surface area contributed by atoms with E-state index >= 15 is 0 Å². The van der Waals surface area contributed by atoms with Crippen LogP contribution in [-0.2, 0) is 9.59 Å². The first kappa shape index (κ1) is 32.8. The van der Waals surface area contributed by atoms with E-state index in [0.29, 0.717) is 25.0 Å². The summed E-state index contributed by atoms with van der Waals surface area (Å²) >= 11 is 0. The third-order valence-electron chi connectivity index (χ3n) is 8.35. The van der Waals surface area contributed by atoms with E-state index in [2.05, 4.69) is 50.1 Å². The largest absolute Gasteiger partial charge is 0.481 e. The standard InChI is InChI=1S/C17H18N6O.C10H13N3O2.C7H7N3/c24-16(22-17-20-13-5-1-2-6-14(13)21-17)12-4-3-9-23(11-12)15-10-18-7-8-19-15;14-10(15)8-2-1-5-13(7-8)9-6-11-3-4-12-9;8-7-9-5-3-1-2-4-6(5)10-7/h1-2,5-8,10,12H,3-4,9,11H2,(H2,20,21,22,24);3-4,6,8H,1-2,5,7H2,(H,14,15);1-4H,(H3,8,9,10)/t12-;8-;/m00./s1. The summed E-state index contributed by atoms with van der Waals surface area (Å²) in [4.78, 5) is 58.6. The number of imidazole rings is 2. The molecule has 0 unspecified atom stereocenters. The van der Waals surface area contributed by atoms with E-state index in [0.717, 1.165) is 72.5 Å². The van der Waals surface area contributed by atoms with Crippen LogP contribution in [0.25, 0.3) is 22.1 Å². The number of nitrogens with one attached hydrogen (secondary N) is 3. The number of nitrogens with zero attached hydrogens (tertiary/aromatic N) is 8. The van der Waals surface area contributed by atoms with Crippen LogP contribution in [0.5, 0.6) is 0 Å². The lowest BCUT2D eigenvalue weighted by Crippen LogP contribution is -2.41. The van der Waals surface area contributed by atoms with Crippen molar-refractivity contribution in [2.24, 2.45) is 11.8 Å². The van der Waals surface area contributed by atoms with E-state index in [4.69, 9.17) is 10.8 Å². The van der Waals surface area contributed by atoms with Gasteiger partial charge < -0.3 is 30.6 Å². The molecule has 2 aliphatic rings. The first-order chi connectivity index (χ1) is 23.9. The van der Waals surface area contributed by atoms with E-state index in [1.165, 1.54) is 0 Å². The SMILES string of the molecule is Nc1nc2ccccc2[nH]1.O=C(Nc1nc2ccccc2[nH]1)[C@H]1CCCN(c2cnccn2)C1.O=C(O)[C@H]1CCCN(c2cnccn2)C1. The summed E-state index contributed by atoms with van der Waals surface area (Å²) in [5, 5.41) is 11.8. The number of amides is 1. The zero-order valence-corrected chi connectivity index (χ0v) is 26.8. The second kappa shape index (κ2) is 15.6. The molecule has 8 rings (SSSR count). The normalized spacial score (nSPS) is 17.4. The van der Waals surface area contributed by atoms with Crippen LogP contribution in [0.4, 0.5) is 23.5 Å². The van der Waals surface area contributed by atoms with Gasteiger partial charge >= 0.3 is 5.97 Å². The maximum absolute atomic E-state index is 12.6. The first-order valence-electron chi connectivity index (χ1n) is 16.1. The monoisotopic (exact) mass is 662 g/mol. The van der Waals surface area contributed by atoms with Crippen molar-refractivity contribution in [1.82, 2.24) is 39.9 Å². The van der Waals surface area contributed by atoms with Crippen molar-refractivity contribution in [2.45, 2.75) is 25.7 Å². The smallest absolute Gasteiger partial charge is 0.308 e. The molecule has 4 aromatic heterocycles. The number of carboxylic acid groups (broad SMARTS) is 1. The molecule has 0 spiro atoms. The Labute approximate surface area is 282 Å². The van der Waals surface area contributed by atoms with Gasteiger partial charge in [-0.15, -0.1) is 0 Å². The number of H-pyrrole nitrogens is 2. The first-order valence-corrected chi connectivity index (χ1v) is 16.1. The van der Waals surface area contributed by atoms with Gasteiger partial charge in [0.05, 0.1) is 46.3 Å². The molecule has 2 fully saturated rings. The Morgan fingerprint density at radius 2 is 1.31 bits per heavy atom. The third kappa shape index (κ3) is 8.62. The molecule has 0 saturated carbocycles. The van der Waals surface area contributed by atoms with Crippen LogP contribution in [0, 0.1) is 11.8 Å². The number of carbonyl (C=O) groups is 2. The fourth-order valence-electron chi connectivity index (χ4n) is 5.90. The molecule has 15 nitrogen and oxygen atoms in total. The lowest BCUT2D eigenvalue weighted by atomic mass is 9.97. The topological polar surface area (TPSA) is 208 Å². The number of nitrogen functional groups attached to an aromatic ring is 1. The van der Waals surface area contributed by atoms with Gasteiger partial charge in [-0.3, -0.25) is 24.9 Å². The second-order valence-electron chi connectivity index (χ2n) is 11.8. The van der Waals surface area contributed by atoms with Crippen LogP contribution in [0.3, 0.4) is 0 Å². The number of nitrogens with two attached hydrogens (primary N) is 1. The lowest BCUT2D eigenvalue weighted by Gasteiger charge is -2.32. The molecule has 0 radical (unpaired) electrons. The van der Waals surface area contributed by atoms with E-state index in [9.17, 15) is 9.59 Å². The highest BCUT2D eigenvalue weighted by Gasteiger charge is 2.28.